The van der Waals surface area contributed by atoms with Crippen LogP contribution in [-0.4, -0.2) is 42.7 Å². The molecule has 1 aliphatic heterocycles. The van der Waals surface area contributed by atoms with Crippen LogP contribution in [0.5, 0.6) is 0 Å². The number of benzene rings is 10. The van der Waals surface area contributed by atoms with E-state index >= 15 is 0 Å². The Kier molecular flexibility index (Phi) is 11.6. The van der Waals surface area contributed by atoms with Gasteiger partial charge in [0.05, 0.1) is 7.11 Å². The summed E-state index contributed by atoms with van der Waals surface area (Å²) in [5.41, 5.74) is 0. The molecule has 1 heterocycles. The third-order valence-electron chi connectivity index (χ3n) is 16.2. The van der Waals surface area contributed by atoms with Crippen LogP contribution >= 0.6 is 0 Å². The van der Waals surface area contributed by atoms with Gasteiger partial charge < -0.3 is 0 Å². The zero-order valence-corrected chi connectivity index (χ0v) is 44.9. The first-order valence-electron chi connectivity index (χ1n) is 24.1. The summed E-state index contributed by atoms with van der Waals surface area (Å²) >= 11 is 0. The maximum atomic E-state index is 2.99. The van der Waals surface area contributed by atoms with Crippen LogP contribution < -0.4 is 51.9 Å². The minimum atomic E-state index is -3.61. The molecule has 1 aliphatic rings. The van der Waals surface area contributed by atoms with Gasteiger partial charge in [-0.2, -0.15) is 0 Å². The molecule has 0 nitrogen and oxygen atoms in total. The van der Waals surface area contributed by atoms with E-state index in [4.69, 9.17) is 0 Å². The Balaban J connectivity index is 1.65. The highest BCUT2D eigenvalue weighted by Gasteiger charge is 2.92. The van der Waals surface area contributed by atoms with E-state index in [0.717, 1.165) is 0 Å². The summed E-state index contributed by atoms with van der Waals surface area (Å²) in [5.74, 6) is 0. The van der Waals surface area contributed by atoms with Crippen LogP contribution in [0.4, 0.5) is 0 Å². The summed E-state index contributed by atoms with van der Waals surface area (Å²) in [6.07, 6.45) is 0. The number of hydrogen-bond donors (Lipinski definition) is 0. The van der Waals surface area contributed by atoms with Crippen molar-refractivity contribution in [1.29, 1.82) is 0 Å². The van der Waals surface area contributed by atoms with Gasteiger partial charge in [0.2, 0.25) is 0 Å². The van der Waals surface area contributed by atoms with Crippen LogP contribution in [0.15, 0.2) is 303 Å². The molecule has 10 aromatic carbocycles. The van der Waals surface area contributed by atoms with Crippen molar-refractivity contribution in [1.82, 2.24) is 0 Å². The minimum Gasteiger partial charge on any atom is -0.0723 e. The normalized spacial score (nSPS) is 17.1. The molecule has 10 aromatic rings. The molecule has 1 saturated heterocycles. The van der Waals surface area contributed by atoms with Crippen molar-refractivity contribution in [3.8, 4) is 0 Å². The monoisotopic (exact) mass is 968 g/mol. The largest absolute Gasteiger partial charge is 0.121 e. The molecule has 68 heavy (non-hydrogen) atoms. The van der Waals surface area contributed by atoms with E-state index in [1.54, 1.807) is 51.9 Å². The van der Waals surface area contributed by atoms with Crippen LogP contribution in [0.3, 0.4) is 0 Å². The third kappa shape index (κ3) is 5.79. The standard InChI is InChI=1S/C62H56Si6/c1-63(2)64(53-33-13-3-14-34-53,54-35-15-4-16-36-54)66(57-41-21-7-22-42-57,58-43-23-8-24-44-58)68(61-49-29-11-30-50-61,62-51-31-12-32-52-62)67(59-45-25-9-26-46-59,60-47-27-10-28-48-60)65(63,55-37-17-5-18-38-55)56-39-19-6-20-40-56/h3-52H,1-2H3. The van der Waals surface area contributed by atoms with E-state index in [1.807, 2.05) is 0 Å². The van der Waals surface area contributed by atoms with Gasteiger partial charge in [-0.3, -0.25) is 0 Å². The molecule has 328 valence electrons. The highest BCUT2D eigenvalue weighted by atomic mass is 30.2. The summed E-state index contributed by atoms with van der Waals surface area (Å²) in [6, 6.07) is 123. The molecule has 0 atom stereocenters. The number of rotatable bonds is 10. The fourth-order valence-corrected chi connectivity index (χ4v) is 240. The summed E-state index contributed by atoms with van der Waals surface area (Å²) < 4.78 is 0. The van der Waals surface area contributed by atoms with Crippen LogP contribution in [0.2, 0.25) is 13.1 Å². The van der Waals surface area contributed by atoms with Gasteiger partial charge in [0, 0.05) is 0 Å². The molecule has 0 spiro atoms. The van der Waals surface area contributed by atoms with Gasteiger partial charge in [-0.15, -0.1) is 0 Å². The fraction of sp³-hybridized carbons (Fsp3) is 0.0323. The molecule has 0 aromatic heterocycles. The molecular formula is C62H56Si6. The number of hydrogen-bond acceptors (Lipinski definition) is 0. The van der Waals surface area contributed by atoms with Gasteiger partial charge in [-0.05, 0) is 0 Å². The fourth-order valence-electron chi connectivity index (χ4n) is 14.7. The second-order valence-corrected chi connectivity index (χ2v) is 74.6. The lowest BCUT2D eigenvalue weighted by atomic mass is 10.4. The van der Waals surface area contributed by atoms with Crippen LogP contribution in [0, 0.1) is 0 Å². The summed E-state index contributed by atoms with van der Waals surface area (Å²) in [7, 11) is -20.4. The van der Waals surface area contributed by atoms with Crippen molar-refractivity contribution in [3.63, 3.8) is 0 Å². The molecule has 6 heteroatoms. The van der Waals surface area contributed by atoms with Crippen molar-refractivity contribution in [2.24, 2.45) is 0 Å². The zero-order valence-electron chi connectivity index (χ0n) is 38.9. The highest BCUT2D eigenvalue weighted by Crippen LogP contribution is 2.51. The predicted molar refractivity (Wildman–Crippen MR) is 307 cm³/mol. The molecule has 0 bridgehead atoms. The lowest BCUT2D eigenvalue weighted by molar-refractivity contribution is 1.67. The Morgan fingerprint density at radius 1 is 0.147 bits per heavy atom. The Labute approximate surface area is 408 Å². The van der Waals surface area contributed by atoms with E-state index in [9.17, 15) is 0 Å². The van der Waals surface area contributed by atoms with Crippen LogP contribution in [0.25, 0.3) is 0 Å². The average Bonchev–Trinajstić information content (AvgIpc) is 3.42. The topological polar surface area (TPSA) is 0 Å². The molecule has 0 N–H and O–H groups in total. The quantitative estimate of drug-likeness (QED) is 0.125. The molecular weight excluding hydrogens is 913 g/mol. The Bertz CT molecular complexity index is 2840. The predicted octanol–water partition coefficient (Wildman–Crippen LogP) is 7.49. The highest BCUT2D eigenvalue weighted by molar-refractivity contribution is 8.25. The molecule has 0 radical (unpaired) electrons. The molecule has 1 fully saturated rings. The van der Waals surface area contributed by atoms with E-state index < -0.39 is 42.7 Å². The molecule has 0 saturated carbocycles. The van der Waals surface area contributed by atoms with E-state index in [2.05, 4.69) is 316 Å². The first-order valence-corrected chi connectivity index (χ1v) is 43.1. The Morgan fingerprint density at radius 2 is 0.250 bits per heavy atom. The van der Waals surface area contributed by atoms with Crippen molar-refractivity contribution in [3.05, 3.63) is 303 Å². The van der Waals surface area contributed by atoms with Crippen LogP contribution in [0.1, 0.15) is 0 Å². The average molecular weight is 970 g/mol. The summed E-state index contributed by atoms with van der Waals surface area (Å²) in [5, 5.41) is 15.9. The minimum absolute atomic E-state index is 1.57. The van der Waals surface area contributed by atoms with Gasteiger partial charge in [-0.25, -0.2) is 0 Å². The van der Waals surface area contributed by atoms with Crippen molar-refractivity contribution in [2.45, 2.75) is 13.1 Å². The summed E-state index contributed by atoms with van der Waals surface area (Å²) in [4.78, 5) is 0. The maximum absolute atomic E-state index is 3.61. The van der Waals surface area contributed by atoms with Crippen LogP contribution in [-0.2, 0) is 0 Å². The molecule has 0 unspecified atom stereocenters. The Hall–Kier alpha value is -6.50. The molecule has 11 rings (SSSR count). The van der Waals surface area contributed by atoms with Gasteiger partial charge in [0.15, 0.2) is 0 Å². The van der Waals surface area contributed by atoms with Crippen molar-refractivity contribution >= 4 is 94.5 Å². The van der Waals surface area contributed by atoms with E-state index in [1.165, 1.54) is 0 Å². The van der Waals surface area contributed by atoms with Gasteiger partial charge in [-0.1, -0.05) is 368 Å². The summed E-state index contributed by atoms with van der Waals surface area (Å²) in [6.45, 7) is 5.97. The first-order chi connectivity index (χ1) is 33.6. The SMILES string of the molecule is C[Si]1(C)[Si](c2ccccc2)(c2ccccc2)[Si](c2ccccc2)(c2ccccc2)[Si](c2ccccc2)(c2ccccc2)[Si](c2ccccc2)(c2ccccc2)[Si]1(c1ccccc1)c1ccccc1. The van der Waals surface area contributed by atoms with Gasteiger partial charge >= 0.3 is 0 Å². The van der Waals surface area contributed by atoms with E-state index in [-0.39, 0.29) is 0 Å². The van der Waals surface area contributed by atoms with Gasteiger partial charge in [0.25, 0.3) is 0 Å². The second kappa shape index (κ2) is 17.9. The first kappa shape index (κ1) is 44.0. The lowest BCUT2D eigenvalue weighted by Crippen LogP contribution is -3.22. The van der Waals surface area contributed by atoms with Gasteiger partial charge in [0.1, 0.15) is 35.5 Å². The third-order valence-corrected chi connectivity index (χ3v) is 137. The van der Waals surface area contributed by atoms with Crippen molar-refractivity contribution < 1.29 is 0 Å². The zero-order chi connectivity index (χ0) is 46.1. The van der Waals surface area contributed by atoms with E-state index in [0.29, 0.717) is 0 Å². The molecule has 0 amide bonds. The lowest BCUT2D eigenvalue weighted by Gasteiger charge is -2.78. The maximum Gasteiger partial charge on any atom is 0.121 e. The molecule has 0 aliphatic carbocycles. The van der Waals surface area contributed by atoms with Crippen molar-refractivity contribution in [2.75, 3.05) is 0 Å². The smallest absolute Gasteiger partial charge is 0.0723 e. The Morgan fingerprint density at radius 3 is 0.382 bits per heavy atom. The second-order valence-electron chi connectivity index (χ2n) is 19.0.